The molecule has 0 unspecified atom stereocenters. The van der Waals surface area contributed by atoms with E-state index in [1.54, 1.807) is 55.6 Å². The number of ether oxygens (including phenoxy) is 3. The Morgan fingerprint density at radius 3 is 2.56 bits per heavy atom. The summed E-state index contributed by atoms with van der Waals surface area (Å²) in [6.45, 7) is 0.130. The number of carbonyl (C=O) groups excluding carboxylic acids is 2. The normalized spacial score (nSPS) is 12.6. The molecule has 9 nitrogen and oxygen atoms in total. The van der Waals surface area contributed by atoms with E-state index >= 15 is 0 Å². The summed E-state index contributed by atoms with van der Waals surface area (Å²) < 4.78 is 20.9. The summed E-state index contributed by atoms with van der Waals surface area (Å²) in [6, 6.07) is 15.4. The van der Waals surface area contributed by atoms with Gasteiger partial charge in [-0.2, -0.15) is 5.10 Å². The van der Waals surface area contributed by atoms with E-state index in [2.05, 4.69) is 15.8 Å². The molecule has 2 amide bonds. The zero-order valence-electron chi connectivity index (χ0n) is 17.0. The molecule has 0 saturated carbocycles. The number of hydrogen-bond acceptors (Lipinski definition) is 7. The van der Waals surface area contributed by atoms with Crippen LogP contribution >= 0.6 is 0 Å². The molecule has 9 heteroatoms. The first-order valence-corrected chi connectivity index (χ1v) is 9.56. The van der Waals surface area contributed by atoms with E-state index in [-0.39, 0.29) is 18.3 Å². The van der Waals surface area contributed by atoms with Gasteiger partial charge in [0.05, 0.1) is 19.6 Å². The van der Waals surface area contributed by atoms with Crippen LogP contribution in [0.25, 0.3) is 6.08 Å². The molecule has 1 aromatic heterocycles. The van der Waals surface area contributed by atoms with Gasteiger partial charge in [0.2, 0.25) is 6.79 Å². The van der Waals surface area contributed by atoms with Gasteiger partial charge in [-0.1, -0.05) is 6.07 Å². The van der Waals surface area contributed by atoms with Crippen molar-refractivity contribution < 1.29 is 28.2 Å². The molecule has 4 rings (SSSR count). The third kappa shape index (κ3) is 4.96. The molecule has 1 aliphatic heterocycles. The highest BCUT2D eigenvalue weighted by atomic mass is 16.7. The van der Waals surface area contributed by atoms with Crippen LogP contribution in [0.5, 0.6) is 17.2 Å². The highest BCUT2D eigenvalue weighted by molar-refractivity contribution is 6.04. The number of carbonyl (C=O) groups is 2. The standard InChI is InChI=1S/C23H19N3O6/c1-29-17-7-4-15(5-8-17)13-24-26-22(27)18(25-23(28)20-3-2-10-30-20)11-16-6-9-19-21(12-16)32-14-31-19/h2-13H,14H2,1H3,(H,25,28)(H,26,27)/b18-11-,24-13-. The molecule has 0 spiro atoms. The van der Waals surface area contributed by atoms with Gasteiger partial charge in [-0.25, -0.2) is 5.43 Å². The molecule has 0 fully saturated rings. The molecular formula is C23H19N3O6. The van der Waals surface area contributed by atoms with Crippen LogP contribution in [0, 0.1) is 0 Å². The van der Waals surface area contributed by atoms with Crippen molar-refractivity contribution in [2.75, 3.05) is 13.9 Å². The van der Waals surface area contributed by atoms with E-state index in [0.29, 0.717) is 22.8 Å². The van der Waals surface area contributed by atoms with Crippen molar-refractivity contribution in [1.29, 1.82) is 0 Å². The van der Waals surface area contributed by atoms with Crippen LogP contribution in [0.4, 0.5) is 0 Å². The predicted octanol–water partition coefficient (Wildman–Crippen LogP) is 2.94. The Morgan fingerprint density at radius 1 is 1.03 bits per heavy atom. The molecule has 32 heavy (non-hydrogen) atoms. The fraction of sp³-hybridized carbons (Fsp3) is 0.0870. The molecule has 2 aromatic carbocycles. The number of amides is 2. The number of benzene rings is 2. The SMILES string of the molecule is COc1ccc(/C=N\NC(=O)/C(=C/c2ccc3c(c2)OCO3)NC(=O)c2ccco2)cc1. The van der Waals surface area contributed by atoms with Gasteiger partial charge < -0.3 is 23.9 Å². The average Bonchev–Trinajstić information content (AvgIpc) is 3.51. The van der Waals surface area contributed by atoms with Crippen molar-refractivity contribution in [3.63, 3.8) is 0 Å². The number of hydrogen-bond donors (Lipinski definition) is 2. The molecule has 0 bridgehead atoms. The maximum atomic E-state index is 12.8. The van der Waals surface area contributed by atoms with E-state index in [1.165, 1.54) is 24.6 Å². The fourth-order valence-corrected chi connectivity index (χ4v) is 2.84. The Morgan fingerprint density at radius 2 is 1.81 bits per heavy atom. The van der Waals surface area contributed by atoms with Gasteiger partial charge in [0.1, 0.15) is 11.4 Å². The topological polar surface area (TPSA) is 111 Å². The molecule has 0 aliphatic carbocycles. The first kappa shape index (κ1) is 20.7. The number of rotatable bonds is 7. The van der Waals surface area contributed by atoms with Gasteiger partial charge in [-0.3, -0.25) is 9.59 Å². The van der Waals surface area contributed by atoms with Gasteiger partial charge in [0.25, 0.3) is 11.8 Å². The van der Waals surface area contributed by atoms with Gasteiger partial charge in [-0.05, 0) is 65.7 Å². The van der Waals surface area contributed by atoms with Crippen LogP contribution in [0.15, 0.2) is 76.1 Å². The Hall–Kier alpha value is -4.53. The summed E-state index contributed by atoms with van der Waals surface area (Å²) in [5, 5.41) is 6.51. The molecule has 0 radical (unpaired) electrons. The first-order chi connectivity index (χ1) is 15.6. The maximum absolute atomic E-state index is 12.8. The lowest BCUT2D eigenvalue weighted by molar-refractivity contribution is -0.117. The maximum Gasteiger partial charge on any atom is 0.291 e. The van der Waals surface area contributed by atoms with Crippen LogP contribution in [-0.2, 0) is 4.79 Å². The van der Waals surface area contributed by atoms with E-state index in [9.17, 15) is 9.59 Å². The highest BCUT2D eigenvalue weighted by Gasteiger charge is 2.18. The summed E-state index contributed by atoms with van der Waals surface area (Å²) in [5.74, 6) is 0.741. The van der Waals surface area contributed by atoms with Crippen molar-refractivity contribution in [2.45, 2.75) is 0 Å². The minimum Gasteiger partial charge on any atom is -0.497 e. The summed E-state index contributed by atoms with van der Waals surface area (Å²) in [7, 11) is 1.58. The van der Waals surface area contributed by atoms with Crippen molar-refractivity contribution >= 4 is 24.1 Å². The Labute approximate surface area is 183 Å². The molecule has 2 heterocycles. The van der Waals surface area contributed by atoms with E-state index in [0.717, 1.165) is 5.56 Å². The zero-order chi connectivity index (χ0) is 22.3. The lowest BCUT2D eigenvalue weighted by atomic mass is 10.1. The third-order valence-corrected chi connectivity index (χ3v) is 4.44. The number of furan rings is 1. The Bertz CT molecular complexity index is 1170. The van der Waals surface area contributed by atoms with Gasteiger partial charge in [0.15, 0.2) is 17.3 Å². The molecule has 2 N–H and O–H groups in total. The monoisotopic (exact) mass is 433 g/mol. The molecule has 0 atom stereocenters. The number of nitrogens with one attached hydrogen (secondary N) is 2. The quantitative estimate of drug-likeness (QED) is 0.337. The Kier molecular flexibility index (Phi) is 6.17. The number of hydrazone groups is 1. The van der Waals surface area contributed by atoms with E-state index in [4.69, 9.17) is 18.6 Å². The van der Waals surface area contributed by atoms with E-state index < -0.39 is 11.8 Å². The third-order valence-electron chi connectivity index (χ3n) is 4.44. The number of fused-ring (bicyclic) bond motifs is 1. The molecular weight excluding hydrogens is 414 g/mol. The van der Waals surface area contributed by atoms with Gasteiger partial charge in [-0.15, -0.1) is 0 Å². The molecule has 0 saturated heterocycles. The highest BCUT2D eigenvalue weighted by Crippen LogP contribution is 2.33. The second-order valence-corrected chi connectivity index (χ2v) is 6.57. The van der Waals surface area contributed by atoms with Crippen molar-refractivity contribution in [1.82, 2.24) is 10.7 Å². The summed E-state index contributed by atoms with van der Waals surface area (Å²) in [4.78, 5) is 25.2. The minimum absolute atomic E-state index is 0.0304. The lowest BCUT2D eigenvalue weighted by Crippen LogP contribution is -2.32. The van der Waals surface area contributed by atoms with Crippen LogP contribution < -0.4 is 25.0 Å². The second kappa shape index (κ2) is 9.52. The molecule has 3 aromatic rings. The smallest absolute Gasteiger partial charge is 0.291 e. The Balaban J connectivity index is 1.52. The van der Waals surface area contributed by atoms with Gasteiger partial charge in [0, 0.05) is 0 Å². The van der Waals surface area contributed by atoms with Crippen LogP contribution in [0.1, 0.15) is 21.7 Å². The summed E-state index contributed by atoms with van der Waals surface area (Å²) in [5.41, 5.74) is 3.76. The average molecular weight is 433 g/mol. The molecule has 162 valence electrons. The zero-order valence-corrected chi connectivity index (χ0v) is 17.0. The number of methoxy groups -OCH3 is 1. The van der Waals surface area contributed by atoms with Crippen molar-refractivity contribution in [3.05, 3.63) is 83.4 Å². The second-order valence-electron chi connectivity index (χ2n) is 6.57. The largest absolute Gasteiger partial charge is 0.497 e. The van der Waals surface area contributed by atoms with Crippen molar-refractivity contribution in [2.24, 2.45) is 5.10 Å². The lowest BCUT2D eigenvalue weighted by Gasteiger charge is -2.08. The first-order valence-electron chi connectivity index (χ1n) is 9.56. The van der Waals surface area contributed by atoms with Gasteiger partial charge >= 0.3 is 0 Å². The summed E-state index contributed by atoms with van der Waals surface area (Å²) in [6.07, 6.45) is 4.35. The predicted molar refractivity (Wildman–Crippen MR) is 115 cm³/mol. The van der Waals surface area contributed by atoms with Crippen LogP contribution in [0.3, 0.4) is 0 Å². The van der Waals surface area contributed by atoms with Crippen LogP contribution in [0.2, 0.25) is 0 Å². The van der Waals surface area contributed by atoms with E-state index in [1.807, 2.05) is 0 Å². The van der Waals surface area contributed by atoms with Crippen molar-refractivity contribution in [3.8, 4) is 17.2 Å². The number of nitrogens with zero attached hydrogens (tertiary/aromatic N) is 1. The fourth-order valence-electron chi connectivity index (χ4n) is 2.84. The molecule has 1 aliphatic rings. The van der Waals surface area contributed by atoms with Crippen LogP contribution in [-0.4, -0.2) is 31.9 Å². The minimum atomic E-state index is -0.618. The summed E-state index contributed by atoms with van der Waals surface area (Å²) >= 11 is 0.